The van der Waals surface area contributed by atoms with E-state index >= 15 is 0 Å². The first-order valence-electron chi connectivity index (χ1n) is 8.23. The number of piperidine rings is 1. The molecule has 124 valence electrons. The van der Waals surface area contributed by atoms with Crippen LogP contribution >= 0.6 is 0 Å². The number of ether oxygens (including phenoxy) is 2. The molecule has 2 aliphatic rings. The molecule has 0 aliphatic carbocycles. The first-order chi connectivity index (χ1) is 10.7. The third-order valence-electron chi connectivity index (χ3n) is 5.06. The predicted octanol–water partition coefficient (Wildman–Crippen LogP) is 0.733. The Morgan fingerprint density at radius 2 is 2.14 bits per heavy atom. The molecule has 1 aromatic rings. The smallest absolute Gasteiger partial charge is 0.0652 e. The van der Waals surface area contributed by atoms with Crippen LogP contribution < -0.4 is 0 Å². The summed E-state index contributed by atoms with van der Waals surface area (Å²) in [5.41, 5.74) is 1.52. The van der Waals surface area contributed by atoms with E-state index in [-0.39, 0.29) is 5.54 Å². The molecule has 0 amide bonds. The van der Waals surface area contributed by atoms with Crippen LogP contribution in [0.3, 0.4) is 0 Å². The van der Waals surface area contributed by atoms with Gasteiger partial charge in [-0.1, -0.05) is 0 Å². The molecule has 2 fully saturated rings. The minimum Gasteiger partial charge on any atom is -0.383 e. The fourth-order valence-electron chi connectivity index (χ4n) is 3.72. The van der Waals surface area contributed by atoms with Crippen LogP contribution in [0, 0.1) is 0 Å². The number of aromatic nitrogens is 2. The number of hydrogen-bond donors (Lipinski definition) is 0. The van der Waals surface area contributed by atoms with Crippen molar-refractivity contribution in [1.82, 2.24) is 19.6 Å². The van der Waals surface area contributed by atoms with E-state index in [2.05, 4.69) is 21.1 Å². The summed E-state index contributed by atoms with van der Waals surface area (Å²) in [6.07, 6.45) is 6.44. The second kappa shape index (κ2) is 7.08. The summed E-state index contributed by atoms with van der Waals surface area (Å²) in [4.78, 5) is 5.13. The van der Waals surface area contributed by atoms with Crippen molar-refractivity contribution < 1.29 is 9.47 Å². The van der Waals surface area contributed by atoms with Gasteiger partial charge in [0, 0.05) is 64.2 Å². The van der Waals surface area contributed by atoms with Crippen LogP contribution in [0.4, 0.5) is 0 Å². The standard InChI is InChI=1S/C16H28N4O2/c1-18-12-15(11-17-18)13-19-5-3-16(4-6-19)14-22-10-8-20(16)7-9-21-2/h11-12H,3-10,13-14H2,1-2H3. The number of methoxy groups -OCH3 is 1. The van der Waals surface area contributed by atoms with Crippen molar-refractivity contribution in [3.8, 4) is 0 Å². The van der Waals surface area contributed by atoms with Crippen LogP contribution in [0.2, 0.25) is 0 Å². The lowest BCUT2D eigenvalue weighted by atomic mass is 9.85. The third-order valence-corrected chi connectivity index (χ3v) is 5.06. The molecule has 0 radical (unpaired) electrons. The quantitative estimate of drug-likeness (QED) is 0.802. The summed E-state index contributed by atoms with van der Waals surface area (Å²) in [5, 5.41) is 4.26. The zero-order valence-corrected chi connectivity index (χ0v) is 13.8. The van der Waals surface area contributed by atoms with E-state index in [4.69, 9.17) is 9.47 Å². The van der Waals surface area contributed by atoms with Gasteiger partial charge in [-0.25, -0.2) is 0 Å². The lowest BCUT2D eigenvalue weighted by Gasteiger charge is -2.51. The van der Waals surface area contributed by atoms with Gasteiger partial charge in [0.1, 0.15) is 0 Å². The summed E-state index contributed by atoms with van der Waals surface area (Å²) in [7, 11) is 3.76. The lowest BCUT2D eigenvalue weighted by Crippen LogP contribution is -2.61. The molecule has 2 saturated heterocycles. The lowest BCUT2D eigenvalue weighted by molar-refractivity contribution is -0.100. The Balaban J connectivity index is 1.56. The molecule has 1 aromatic heterocycles. The van der Waals surface area contributed by atoms with Gasteiger partial charge in [0.05, 0.1) is 26.0 Å². The van der Waals surface area contributed by atoms with Crippen molar-refractivity contribution in [3.05, 3.63) is 18.0 Å². The predicted molar refractivity (Wildman–Crippen MR) is 84.7 cm³/mol. The van der Waals surface area contributed by atoms with Crippen LogP contribution in [0.25, 0.3) is 0 Å². The molecule has 0 bridgehead atoms. The molecule has 0 atom stereocenters. The van der Waals surface area contributed by atoms with Crippen LogP contribution in [-0.2, 0) is 23.1 Å². The molecule has 22 heavy (non-hydrogen) atoms. The Morgan fingerprint density at radius 1 is 1.32 bits per heavy atom. The maximum atomic E-state index is 5.82. The molecule has 0 unspecified atom stereocenters. The highest BCUT2D eigenvalue weighted by atomic mass is 16.5. The number of hydrogen-bond acceptors (Lipinski definition) is 5. The van der Waals surface area contributed by atoms with E-state index in [1.807, 2.05) is 17.9 Å². The minimum atomic E-state index is 0.224. The molecule has 2 aliphatic heterocycles. The maximum Gasteiger partial charge on any atom is 0.0652 e. The SMILES string of the molecule is COCCN1CCOCC12CCN(Cc1cnn(C)c1)CC2. The number of morpholine rings is 1. The van der Waals surface area contributed by atoms with Crippen molar-refractivity contribution in [2.24, 2.45) is 7.05 Å². The molecule has 6 nitrogen and oxygen atoms in total. The molecule has 6 heteroatoms. The molecule has 3 heterocycles. The van der Waals surface area contributed by atoms with Gasteiger partial charge in [-0.15, -0.1) is 0 Å². The highest BCUT2D eigenvalue weighted by Crippen LogP contribution is 2.32. The summed E-state index contributed by atoms with van der Waals surface area (Å²) in [5.74, 6) is 0. The van der Waals surface area contributed by atoms with E-state index in [9.17, 15) is 0 Å². The van der Waals surface area contributed by atoms with Crippen LogP contribution in [0.5, 0.6) is 0 Å². The van der Waals surface area contributed by atoms with Crippen molar-refractivity contribution in [2.45, 2.75) is 24.9 Å². The molecule has 0 N–H and O–H groups in total. The molecular formula is C16H28N4O2. The summed E-state index contributed by atoms with van der Waals surface area (Å²) in [6.45, 7) is 7.84. The van der Waals surface area contributed by atoms with E-state index in [1.165, 1.54) is 18.4 Å². The third kappa shape index (κ3) is 3.51. The van der Waals surface area contributed by atoms with Crippen LogP contribution in [-0.4, -0.2) is 78.2 Å². The van der Waals surface area contributed by atoms with Gasteiger partial charge in [0.15, 0.2) is 0 Å². The summed E-state index contributed by atoms with van der Waals surface area (Å²) < 4.78 is 13.0. The van der Waals surface area contributed by atoms with Crippen LogP contribution in [0.15, 0.2) is 12.4 Å². The van der Waals surface area contributed by atoms with Gasteiger partial charge in [0.25, 0.3) is 0 Å². The van der Waals surface area contributed by atoms with Gasteiger partial charge in [-0.05, 0) is 12.8 Å². The van der Waals surface area contributed by atoms with E-state index in [0.717, 1.165) is 52.5 Å². The zero-order valence-electron chi connectivity index (χ0n) is 13.8. The van der Waals surface area contributed by atoms with Gasteiger partial charge in [-0.3, -0.25) is 14.5 Å². The Hall–Kier alpha value is -0.950. The second-order valence-electron chi connectivity index (χ2n) is 6.56. The van der Waals surface area contributed by atoms with E-state index in [0.29, 0.717) is 0 Å². The van der Waals surface area contributed by atoms with E-state index in [1.54, 1.807) is 7.11 Å². The number of aryl methyl sites for hydroxylation is 1. The number of nitrogens with zero attached hydrogens (tertiary/aromatic N) is 4. The van der Waals surface area contributed by atoms with Gasteiger partial charge < -0.3 is 9.47 Å². The average molecular weight is 308 g/mol. The van der Waals surface area contributed by atoms with Gasteiger partial charge >= 0.3 is 0 Å². The summed E-state index contributed by atoms with van der Waals surface area (Å²) in [6, 6.07) is 0. The Kier molecular flexibility index (Phi) is 5.13. The minimum absolute atomic E-state index is 0.224. The van der Waals surface area contributed by atoms with Gasteiger partial charge in [0.2, 0.25) is 0 Å². The summed E-state index contributed by atoms with van der Waals surface area (Å²) >= 11 is 0. The van der Waals surface area contributed by atoms with Crippen molar-refractivity contribution >= 4 is 0 Å². The number of likely N-dealkylation sites (tertiary alicyclic amines) is 1. The molecule has 0 aromatic carbocycles. The van der Waals surface area contributed by atoms with Gasteiger partial charge in [-0.2, -0.15) is 5.10 Å². The Bertz CT molecular complexity index is 468. The van der Waals surface area contributed by atoms with E-state index < -0.39 is 0 Å². The first-order valence-corrected chi connectivity index (χ1v) is 8.23. The van der Waals surface area contributed by atoms with Crippen molar-refractivity contribution in [2.75, 3.05) is 53.1 Å². The fraction of sp³-hybridized carbons (Fsp3) is 0.812. The first kappa shape index (κ1) is 15.9. The number of rotatable bonds is 5. The Morgan fingerprint density at radius 3 is 2.82 bits per heavy atom. The highest BCUT2D eigenvalue weighted by Gasteiger charge is 2.41. The second-order valence-corrected chi connectivity index (χ2v) is 6.56. The normalized spacial score (nSPS) is 23.2. The van der Waals surface area contributed by atoms with Crippen molar-refractivity contribution in [3.63, 3.8) is 0 Å². The molecule has 0 saturated carbocycles. The molecule has 3 rings (SSSR count). The van der Waals surface area contributed by atoms with Crippen molar-refractivity contribution in [1.29, 1.82) is 0 Å². The molecule has 1 spiro atoms. The topological polar surface area (TPSA) is 42.8 Å². The largest absolute Gasteiger partial charge is 0.383 e. The highest BCUT2D eigenvalue weighted by molar-refractivity contribution is 5.05. The Labute approximate surface area is 133 Å². The maximum absolute atomic E-state index is 5.82. The monoisotopic (exact) mass is 308 g/mol. The average Bonchev–Trinajstić information content (AvgIpc) is 2.94. The fourth-order valence-corrected chi connectivity index (χ4v) is 3.72. The molecular weight excluding hydrogens is 280 g/mol. The zero-order chi connectivity index (χ0) is 15.4. The van der Waals surface area contributed by atoms with Crippen LogP contribution in [0.1, 0.15) is 18.4 Å².